The first-order chi connectivity index (χ1) is 18.4. The predicted octanol–water partition coefficient (Wildman–Crippen LogP) is 2.32. The molecule has 1 N–H and O–H groups in total. The number of benzene rings is 1. The molecule has 4 heterocycles. The van der Waals surface area contributed by atoms with Crippen molar-refractivity contribution in [3.8, 4) is 0 Å². The number of pyridine rings is 2. The Labute approximate surface area is 230 Å². The number of likely N-dealkylation sites (tertiary alicyclic amines) is 1. The van der Waals surface area contributed by atoms with E-state index in [0.29, 0.717) is 29.1 Å². The maximum atomic E-state index is 14.0. The van der Waals surface area contributed by atoms with E-state index in [1.165, 1.54) is 24.1 Å². The molecule has 204 valence electrons. The molecule has 2 saturated heterocycles. The van der Waals surface area contributed by atoms with E-state index in [1.54, 1.807) is 30.3 Å². The van der Waals surface area contributed by atoms with Crippen LogP contribution < -0.4 is 16.3 Å². The van der Waals surface area contributed by atoms with Gasteiger partial charge in [0.15, 0.2) is 0 Å². The molecule has 0 aliphatic carbocycles. The van der Waals surface area contributed by atoms with Gasteiger partial charge in [0.2, 0.25) is 5.91 Å². The van der Waals surface area contributed by atoms with Crippen LogP contribution in [0.3, 0.4) is 0 Å². The molecule has 2 aliphatic heterocycles. The zero-order valence-electron chi connectivity index (χ0n) is 22.0. The maximum absolute atomic E-state index is 14.0. The molecule has 39 heavy (non-hydrogen) atoms. The van der Waals surface area contributed by atoms with Crippen molar-refractivity contribution in [1.29, 1.82) is 0 Å². The van der Waals surface area contributed by atoms with E-state index in [-0.39, 0.29) is 42.8 Å². The number of rotatable bonds is 6. The number of fused-ring (bicyclic) bond motifs is 1. The van der Waals surface area contributed by atoms with Gasteiger partial charge in [0, 0.05) is 47.2 Å². The summed E-state index contributed by atoms with van der Waals surface area (Å²) in [5.41, 5.74) is -0.732. The van der Waals surface area contributed by atoms with Crippen molar-refractivity contribution < 1.29 is 23.3 Å². The number of nitrogens with zero attached hydrogens (tertiary/aromatic N) is 3. The quantitative estimate of drug-likeness (QED) is 0.469. The van der Waals surface area contributed by atoms with E-state index >= 15 is 0 Å². The summed E-state index contributed by atoms with van der Waals surface area (Å²) in [6, 6.07) is 10.2. The van der Waals surface area contributed by atoms with E-state index in [4.69, 9.17) is 20.9 Å². The van der Waals surface area contributed by atoms with E-state index in [0.717, 1.165) is 10.1 Å². The summed E-state index contributed by atoms with van der Waals surface area (Å²) in [5.74, 6) is -1.03. The molecule has 0 bridgehead atoms. The highest BCUT2D eigenvalue weighted by atomic mass is 35.5. The topological polar surface area (TPSA) is 103 Å². The zero-order valence-corrected chi connectivity index (χ0v) is 22.8. The number of hydrogen-bond acceptors (Lipinski definition) is 6. The van der Waals surface area contributed by atoms with Crippen molar-refractivity contribution in [3.05, 3.63) is 69.1 Å². The van der Waals surface area contributed by atoms with Crippen molar-refractivity contribution in [2.75, 3.05) is 26.3 Å². The van der Waals surface area contributed by atoms with Gasteiger partial charge in [0.05, 0.1) is 13.1 Å². The van der Waals surface area contributed by atoms with E-state index < -0.39 is 30.2 Å². The third-order valence-electron chi connectivity index (χ3n) is 6.77. The van der Waals surface area contributed by atoms with Crippen molar-refractivity contribution in [1.82, 2.24) is 19.8 Å². The summed E-state index contributed by atoms with van der Waals surface area (Å²) in [7, 11) is -0.651. The fraction of sp³-hybridized carbons (Fsp3) is 0.407. The van der Waals surface area contributed by atoms with Gasteiger partial charge in [-0.25, -0.2) is 9.37 Å². The van der Waals surface area contributed by atoms with E-state index in [2.05, 4.69) is 10.3 Å². The lowest BCUT2D eigenvalue weighted by molar-refractivity contribution is -0.144. The molecule has 2 aromatic heterocycles. The van der Waals surface area contributed by atoms with Gasteiger partial charge in [-0.3, -0.25) is 19.0 Å². The number of hydrogen-bond donors (Lipinski definition) is 1. The Hall–Kier alpha value is -3.28. The third-order valence-corrected chi connectivity index (χ3v) is 7.02. The lowest BCUT2D eigenvalue weighted by atomic mass is 9.76. The number of halogens is 2. The average molecular weight is 555 g/mol. The number of aromatic nitrogens is 2. The van der Waals surface area contributed by atoms with Gasteiger partial charge in [0.1, 0.15) is 23.4 Å². The Morgan fingerprint density at radius 1 is 1.13 bits per heavy atom. The second-order valence-electron chi connectivity index (χ2n) is 11.2. The first kappa shape index (κ1) is 27.3. The Morgan fingerprint density at radius 3 is 2.44 bits per heavy atom. The second kappa shape index (κ2) is 10.4. The molecule has 0 saturated carbocycles. The highest BCUT2D eigenvalue weighted by molar-refractivity contribution is 6.61. The van der Waals surface area contributed by atoms with Crippen LogP contribution in [0.5, 0.6) is 0 Å². The van der Waals surface area contributed by atoms with Crippen LogP contribution >= 0.6 is 11.6 Å². The standard InChI is InChI=1S/C27H29BClFN4O5/c1-26(2)15-38-28(39-16-26)19-8-18-9-21(24(36)32-10-17-4-6-20(29)7-5-17)25(37)34(23(18)31-11-19)12-22(35)33-13-27(3,30)14-33/h4-9,11H,10,12-16H2,1-3H3,(H,32,36). The number of amides is 2. The van der Waals surface area contributed by atoms with Gasteiger partial charge < -0.3 is 19.5 Å². The minimum atomic E-state index is -1.45. The highest BCUT2D eigenvalue weighted by Gasteiger charge is 2.41. The van der Waals surface area contributed by atoms with Crippen LogP contribution in [0.1, 0.15) is 36.7 Å². The van der Waals surface area contributed by atoms with Crippen LogP contribution in [-0.4, -0.2) is 65.4 Å². The summed E-state index contributed by atoms with van der Waals surface area (Å²) in [6.45, 7) is 6.18. The van der Waals surface area contributed by atoms with Crippen LogP contribution in [0.2, 0.25) is 5.02 Å². The lowest BCUT2D eigenvalue weighted by Crippen LogP contribution is -2.60. The molecule has 1 aromatic carbocycles. The van der Waals surface area contributed by atoms with Gasteiger partial charge in [-0.2, -0.15) is 0 Å². The Kier molecular flexibility index (Phi) is 7.26. The van der Waals surface area contributed by atoms with Gasteiger partial charge in [-0.1, -0.05) is 37.6 Å². The molecule has 0 unspecified atom stereocenters. The summed E-state index contributed by atoms with van der Waals surface area (Å²) in [5, 5.41) is 3.79. The normalized spacial score (nSPS) is 18.1. The summed E-state index contributed by atoms with van der Waals surface area (Å²) < 4.78 is 26.9. The number of alkyl halides is 1. The van der Waals surface area contributed by atoms with Crippen LogP contribution in [0.15, 0.2) is 47.4 Å². The van der Waals surface area contributed by atoms with Gasteiger partial charge in [-0.15, -0.1) is 0 Å². The van der Waals surface area contributed by atoms with Gasteiger partial charge >= 0.3 is 7.12 Å². The van der Waals surface area contributed by atoms with Crippen LogP contribution in [0.25, 0.3) is 11.0 Å². The summed E-state index contributed by atoms with van der Waals surface area (Å²) in [4.78, 5) is 45.3. The van der Waals surface area contributed by atoms with E-state index in [9.17, 15) is 18.8 Å². The molecule has 12 heteroatoms. The van der Waals surface area contributed by atoms with Crippen molar-refractivity contribution in [2.24, 2.45) is 5.41 Å². The number of carbonyl (C=O) groups is 2. The van der Waals surface area contributed by atoms with Crippen LogP contribution in [-0.2, 0) is 27.2 Å². The lowest BCUT2D eigenvalue weighted by Gasteiger charge is -2.42. The Bertz CT molecular complexity index is 1480. The van der Waals surface area contributed by atoms with Gasteiger partial charge in [-0.05, 0) is 36.8 Å². The molecule has 9 nitrogen and oxygen atoms in total. The fourth-order valence-electron chi connectivity index (χ4n) is 4.65. The highest BCUT2D eigenvalue weighted by Crippen LogP contribution is 2.25. The second-order valence-corrected chi connectivity index (χ2v) is 11.7. The molecule has 2 fully saturated rings. The zero-order chi connectivity index (χ0) is 27.9. The Morgan fingerprint density at radius 2 is 1.79 bits per heavy atom. The smallest absolute Gasteiger partial charge is 0.407 e. The molecular weight excluding hydrogens is 526 g/mol. The van der Waals surface area contributed by atoms with Gasteiger partial charge in [0.25, 0.3) is 11.5 Å². The van der Waals surface area contributed by atoms with Crippen molar-refractivity contribution in [2.45, 2.75) is 39.5 Å². The summed E-state index contributed by atoms with van der Waals surface area (Å²) in [6.07, 6.45) is 1.54. The fourth-order valence-corrected chi connectivity index (χ4v) is 4.77. The summed E-state index contributed by atoms with van der Waals surface area (Å²) >= 11 is 5.93. The average Bonchev–Trinajstić information content (AvgIpc) is 2.87. The molecule has 0 atom stereocenters. The Balaban J connectivity index is 1.47. The molecular formula is C27H29BClFN4O5. The molecule has 2 amide bonds. The largest absolute Gasteiger partial charge is 0.495 e. The number of carbonyl (C=O) groups excluding carboxylic acids is 2. The monoisotopic (exact) mass is 554 g/mol. The van der Waals surface area contributed by atoms with Crippen LogP contribution in [0, 0.1) is 5.41 Å². The molecule has 0 radical (unpaired) electrons. The molecule has 2 aliphatic rings. The third kappa shape index (κ3) is 6.00. The maximum Gasteiger partial charge on any atom is 0.495 e. The first-order valence-electron chi connectivity index (χ1n) is 12.7. The minimum Gasteiger partial charge on any atom is -0.407 e. The van der Waals surface area contributed by atoms with E-state index in [1.807, 2.05) is 13.8 Å². The minimum absolute atomic E-state index is 0.0515. The van der Waals surface area contributed by atoms with Crippen molar-refractivity contribution >= 4 is 47.0 Å². The first-order valence-corrected chi connectivity index (χ1v) is 13.0. The van der Waals surface area contributed by atoms with Crippen molar-refractivity contribution in [3.63, 3.8) is 0 Å². The number of nitrogens with one attached hydrogen (secondary N) is 1. The SMILES string of the molecule is CC1(C)COB(c2cnc3c(c2)cc(C(=O)NCc2ccc(Cl)cc2)c(=O)n3CC(=O)N2CC(C)(F)C2)OC1. The molecule has 3 aromatic rings. The predicted molar refractivity (Wildman–Crippen MR) is 146 cm³/mol. The molecule has 0 spiro atoms. The van der Waals surface area contributed by atoms with Crippen LogP contribution in [0.4, 0.5) is 4.39 Å². The molecule has 5 rings (SSSR count).